The van der Waals surface area contributed by atoms with Crippen molar-refractivity contribution in [2.45, 2.75) is 26.8 Å². The molecule has 1 aromatic rings. The van der Waals surface area contributed by atoms with E-state index in [1.165, 1.54) is 0 Å². The van der Waals surface area contributed by atoms with Crippen LogP contribution in [0.5, 0.6) is 0 Å². The molecule has 0 bridgehead atoms. The van der Waals surface area contributed by atoms with Gasteiger partial charge in [0.25, 0.3) is 0 Å². The smallest absolute Gasteiger partial charge is 0.0435 e. The van der Waals surface area contributed by atoms with Crippen LogP contribution in [0.25, 0.3) is 0 Å². The minimum Gasteiger partial charge on any atom is -0.324 e. The lowest BCUT2D eigenvalue weighted by atomic mass is 9.96. The average molecular weight is 198 g/mol. The molecule has 0 heterocycles. The monoisotopic (exact) mass is 197 g/mol. The highest BCUT2D eigenvalue weighted by atomic mass is 35.5. The molecule has 0 radical (unpaired) electrons. The summed E-state index contributed by atoms with van der Waals surface area (Å²) in [4.78, 5) is 0. The van der Waals surface area contributed by atoms with Gasteiger partial charge < -0.3 is 5.73 Å². The Hall–Kier alpha value is -0.530. The van der Waals surface area contributed by atoms with Crippen molar-refractivity contribution in [3.8, 4) is 0 Å². The van der Waals surface area contributed by atoms with Crippen LogP contribution in [0.2, 0.25) is 5.02 Å². The first kappa shape index (κ1) is 10.6. The average Bonchev–Trinajstić information content (AvgIpc) is 2.08. The van der Waals surface area contributed by atoms with Crippen LogP contribution in [0.15, 0.2) is 18.2 Å². The van der Waals surface area contributed by atoms with Crippen molar-refractivity contribution < 1.29 is 0 Å². The van der Waals surface area contributed by atoms with E-state index in [0.717, 1.165) is 16.1 Å². The molecule has 0 unspecified atom stereocenters. The molecule has 0 aliphatic rings. The predicted molar refractivity (Wildman–Crippen MR) is 58.0 cm³/mol. The van der Waals surface area contributed by atoms with Crippen molar-refractivity contribution in [3.63, 3.8) is 0 Å². The zero-order valence-electron chi connectivity index (χ0n) is 8.34. The molecule has 13 heavy (non-hydrogen) atoms. The third-order valence-corrected chi connectivity index (χ3v) is 2.71. The number of aryl methyl sites for hydroxylation is 1. The van der Waals surface area contributed by atoms with Crippen LogP contribution in [-0.4, -0.2) is 0 Å². The Morgan fingerprint density at radius 2 is 1.92 bits per heavy atom. The summed E-state index contributed by atoms with van der Waals surface area (Å²) in [6, 6.07) is 6.08. The lowest BCUT2D eigenvalue weighted by Crippen LogP contribution is -2.16. The van der Waals surface area contributed by atoms with Gasteiger partial charge in [-0.2, -0.15) is 0 Å². The van der Waals surface area contributed by atoms with E-state index >= 15 is 0 Å². The Morgan fingerprint density at radius 1 is 1.31 bits per heavy atom. The molecule has 0 aliphatic heterocycles. The molecule has 0 saturated carbocycles. The SMILES string of the molecule is Cc1cc([C@H](N)C(C)C)ccc1Cl. The molecular formula is C11H16ClN. The van der Waals surface area contributed by atoms with Crippen molar-refractivity contribution in [2.24, 2.45) is 11.7 Å². The van der Waals surface area contributed by atoms with Gasteiger partial charge in [-0.3, -0.25) is 0 Å². The van der Waals surface area contributed by atoms with Crippen molar-refractivity contribution >= 4 is 11.6 Å². The molecule has 0 aromatic heterocycles. The van der Waals surface area contributed by atoms with E-state index in [-0.39, 0.29) is 6.04 Å². The van der Waals surface area contributed by atoms with E-state index in [9.17, 15) is 0 Å². The Bertz CT molecular complexity index is 294. The second kappa shape index (κ2) is 4.12. The highest BCUT2D eigenvalue weighted by Gasteiger charge is 2.10. The Balaban J connectivity index is 2.97. The maximum absolute atomic E-state index is 6.01. The van der Waals surface area contributed by atoms with Crippen molar-refractivity contribution in [3.05, 3.63) is 34.3 Å². The fourth-order valence-corrected chi connectivity index (χ4v) is 1.38. The van der Waals surface area contributed by atoms with Crippen LogP contribution in [0, 0.1) is 12.8 Å². The van der Waals surface area contributed by atoms with Crippen LogP contribution in [0.1, 0.15) is 31.0 Å². The van der Waals surface area contributed by atoms with Crippen LogP contribution in [0.3, 0.4) is 0 Å². The van der Waals surface area contributed by atoms with Gasteiger partial charge in [0.15, 0.2) is 0 Å². The third-order valence-electron chi connectivity index (χ3n) is 2.29. The predicted octanol–water partition coefficient (Wildman–Crippen LogP) is 3.30. The van der Waals surface area contributed by atoms with E-state index in [0.29, 0.717) is 5.92 Å². The normalized spacial score (nSPS) is 13.4. The summed E-state index contributed by atoms with van der Waals surface area (Å²) >= 11 is 5.92. The van der Waals surface area contributed by atoms with E-state index in [1.54, 1.807) is 0 Å². The summed E-state index contributed by atoms with van der Waals surface area (Å²) < 4.78 is 0. The zero-order chi connectivity index (χ0) is 10.0. The van der Waals surface area contributed by atoms with Gasteiger partial charge >= 0.3 is 0 Å². The molecular weight excluding hydrogens is 182 g/mol. The summed E-state index contributed by atoms with van der Waals surface area (Å²) in [5, 5.41) is 0.805. The van der Waals surface area contributed by atoms with Crippen LogP contribution in [-0.2, 0) is 0 Å². The lowest BCUT2D eigenvalue weighted by Gasteiger charge is -2.16. The number of nitrogens with two attached hydrogens (primary N) is 1. The number of benzene rings is 1. The first-order valence-electron chi connectivity index (χ1n) is 4.54. The zero-order valence-corrected chi connectivity index (χ0v) is 9.10. The first-order valence-corrected chi connectivity index (χ1v) is 4.92. The summed E-state index contributed by atoms with van der Waals surface area (Å²) in [5.41, 5.74) is 8.27. The van der Waals surface area contributed by atoms with Crippen LogP contribution in [0.4, 0.5) is 0 Å². The fraction of sp³-hybridized carbons (Fsp3) is 0.455. The third kappa shape index (κ3) is 2.45. The summed E-state index contributed by atoms with van der Waals surface area (Å²) in [7, 11) is 0. The quantitative estimate of drug-likeness (QED) is 0.774. The molecule has 1 atom stereocenters. The number of halogens is 1. The topological polar surface area (TPSA) is 26.0 Å². The molecule has 1 nitrogen and oxygen atoms in total. The Kier molecular flexibility index (Phi) is 3.34. The van der Waals surface area contributed by atoms with Gasteiger partial charge in [-0.1, -0.05) is 37.6 Å². The minimum atomic E-state index is 0.107. The van der Waals surface area contributed by atoms with Gasteiger partial charge in [0.2, 0.25) is 0 Å². The van der Waals surface area contributed by atoms with Crippen molar-refractivity contribution in [1.29, 1.82) is 0 Å². The van der Waals surface area contributed by atoms with E-state index in [1.807, 2.05) is 19.1 Å². The minimum absolute atomic E-state index is 0.107. The molecule has 0 spiro atoms. The van der Waals surface area contributed by atoms with Crippen molar-refractivity contribution in [1.82, 2.24) is 0 Å². The number of hydrogen-bond donors (Lipinski definition) is 1. The van der Waals surface area contributed by atoms with Gasteiger partial charge in [0.1, 0.15) is 0 Å². The first-order chi connectivity index (χ1) is 6.02. The van der Waals surface area contributed by atoms with E-state index < -0.39 is 0 Å². The molecule has 0 saturated heterocycles. The maximum Gasteiger partial charge on any atom is 0.0435 e. The van der Waals surface area contributed by atoms with Gasteiger partial charge in [-0.25, -0.2) is 0 Å². The highest BCUT2D eigenvalue weighted by molar-refractivity contribution is 6.31. The summed E-state index contributed by atoms with van der Waals surface area (Å²) in [6.07, 6.45) is 0. The second-order valence-corrected chi connectivity index (χ2v) is 4.19. The van der Waals surface area contributed by atoms with Crippen molar-refractivity contribution in [2.75, 3.05) is 0 Å². The van der Waals surface area contributed by atoms with Gasteiger partial charge in [-0.05, 0) is 30.0 Å². The molecule has 0 amide bonds. The summed E-state index contributed by atoms with van der Waals surface area (Å²) in [6.45, 7) is 6.24. The molecule has 72 valence electrons. The van der Waals surface area contributed by atoms with Gasteiger partial charge in [0, 0.05) is 11.1 Å². The molecule has 0 aliphatic carbocycles. The molecule has 1 rings (SSSR count). The second-order valence-electron chi connectivity index (χ2n) is 3.78. The molecule has 2 N–H and O–H groups in total. The Labute approximate surface area is 84.9 Å². The largest absolute Gasteiger partial charge is 0.324 e. The van der Waals surface area contributed by atoms with Gasteiger partial charge in [-0.15, -0.1) is 0 Å². The van der Waals surface area contributed by atoms with Crippen LogP contribution >= 0.6 is 11.6 Å². The highest BCUT2D eigenvalue weighted by Crippen LogP contribution is 2.23. The Morgan fingerprint density at radius 3 is 2.38 bits per heavy atom. The maximum atomic E-state index is 6.01. The fourth-order valence-electron chi connectivity index (χ4n) is 1.26. The van der Waals surface area contributed by atoms with E-state index in [2.05, 4.69) is 19.9 Å². The lowest BCUT2D eigenvalue weighted by molar-refractivity contribution is 0.514. The molecule has 1 aromatic carbocycles. The summed E-state index contributed by atoms with van der Waals surface area (Å²) in [5.74, 6) is 0.459. The standard InChI is InChI=1S/C11H16ClN/c1-7(2)11(13)9-4-5-10(12)8(3)6-9/h4-7,11H,13H2,1-3H3/t11-/m1/s1. The van der Waals surface area contributed by atoms with E-state index in [4.69, 9.17) is 17.3 Å². The number of rotatable bonds is 2. The van der Waals surface area contributed by atoms with Gasteiger partial charge in [0.05, 0.1) is 0 Å². The molecule has 0 fully saturated rings. The number of hydrogen-bond acceptors (Lipinski definition) is 1. The molecule has 2 heteroatoms. The van der Waals surface area contributed by atoms with Crippen LogP contribution < -0.4 is 5.73 Å².